The summed E-state index contributed by atoms with van der Waals surface area (Å²) in [4.78, 5) is 58.5. The van der Waals surface area contributed by atoms with Crippen LogP contribution in [0.1, 0.15) is 12.8 Å². The number of hydrogen-bond donors (Lipinski definition) is 12. The Morgan fingerprint density at radius 2 is 0.667 bits per heavy atom. The first-order valence-corrected chi connectivity index (χ1v) is 8.03. The number of aliphatic hydroxyl groups is 2. The van der Waals surface area contributed by atoms with Crippen molar-refractivity contribution in [2.24, 2.45) is 22.9 Å². The Morgan fingerprint density at radius 1 is 0.485 bits per heavy atom. The van der Waals surface area contributed by atoms with Gasteiger partial charge in [-0.05, 0) is 0 Å². The van der Waals surface area contributed by atoms with Gasteiger partial charge < -0.3 is 63.8 Å². The van der Waals surface area contributed by atoms with E-state index in [-0.39, 0.29) is 37.7 Å². The Kier molecular flexibility index (Phi) is 30.5. The average molecular weight is 516 g/mol. The van der Waals surface area contributed by atoms with E-state index in [1.54, 1.807) is 0 Å². The monoisotopic (exact) mass is 516 g/mol. The molecule has 0 aliphatic carbocycles. The van der Waals surface area contributed by atoms with E-state index in [2.05, 4.69) is 0 Å². The summed E-state index contributed by atoms with van der Waals surface area (Å²) in [5.41, 5.74) is 19.2. The van der Waals surface area contributed by atoms with Crippen molar-refractivity contribution in [1.29, 1.82) is 0 Å². The maximum Gasteiger partial charge on any atom is 2.00 e. The third-order valence-electron chi connectivity index (χ3n) is 2.45. The molecule has 16 N–H and O–H groups in total. The molecule has 0 aliphatic heterocycles. The fraction of sp³-hybridized carbons (Fsp3) is 0.571. The van der Waals surface area contributed by atoms with Gasteiger partial charge in [-0.1, -0.05) is 0 Å². The second kappa shape index (κ2) is 24.5. The minimum atomic E-state index is -1.29. The Morgan fingerprint density at radius 3 is 0.697 bits per heavy atom. The Balaban J connectivity index is -0.000000105. The minimum absolute atomic E-state index is 0. The summed E-state index contributed by atoms with van der Waals surface area (Å²) in [5, 5.41) is 63.9. The van der Waals surface area contributed by atoms with Crippen molar-refractivity contribution < 1.29 is 69.6 Å². The first-order valence-electron chi connectivity index (χ1n) is 8.03. The van der Waals surface area contributed by atoms with E-state index in [1.165, 1.54) is 0 Å². The molecule has 4 atom stereocenters. The van der Waals surface area contributed by atoms with Gasteiger partial charge in [0.25, 0.3) is 0 Å². The molecule has 188 valence electrons. The van der Waals surface area contributed by atoms with Gasteiger partial charge in [0.2, 0.25) is 0 Å². The van der Waals surface area contributed by atoms with Crippen LogP contribution in [0, 0.1) is 0 Å². The van der Waals surface area contributed by atoms with E-state index in [1.807, 2.05) is 0 Å². The van der Waals surface area contributed by atoms with Gasteiger partial charge in [0.1, 0.15) is 24.2 Å². The third kappa shape index (κ3) is 34.6. The molecular weight excluding hydrogens is 488 g/mol. The first-order chi connectivity index (χ1) is 14.4. The van der Waals surface area contributed by atoms with Crippen LogP contribution in [-0.4, -0.2) is 152 Å². The maximum absolute atomic E-state index is 9.85. The number of carboxylic acids is 6. The largest absolute Gasteiger partial charge is 2.00 e. The van der Waals surface area contributed by atoms with Crippen LogP contribution in [0.4, 0.5) is 0 Å². The first kappa shape index (κ1) is 41.1. The predicted molar refractivity (Wildman–Crippen MR) is 107 cm³/mol. The molecular formula is C14H28CaN4O14+2. The summed E-state index contributed by atoms with van der Waals surface area (Å²) in [7, 11) is 0. The zero-order valence-corrected chi connectivity index (χ0v) is 19.4. The van der Waals surface area contributed by atoms with Gasteiger partial charge in [-0.3, -0.25) is 28.8 Å². The molecule has 0 radical (unpaired) electrons. The van der Waals surface area contributed by atoms with Crippen LogP contribution in [-0.2, 0) is 28.8 Å². The number of carbonyl (C=O) groups is 6. The molecule has 0 aromatic heterocycles. The summed E-state index contributed by atoms with van der Waals surface area (Å²) >= 11 is 0. The van der Waals surface area contributed by atoms with Gasteiger partial charge in [0.05, 0.1) is 26.1 Å². The van der Waals surface area contributed by atoms with Gasteiger partial charge in [-0.25, -0.2) is 0 Å². The Bertz CT molecular complexity index is 569. The topological polar surface area (TPSA) is 368 Å². The van der Waals surface area contributed by atoms with Crippen molar-refractivity contribution >= 4 is 73.6 Å². The Labute approximate surface area is 215 Å². The zero-order valence-electron chi connectivity index (χ0n) is 17.2. The molecule has 19 heteroatoms. The van der Waals surface area contributed by atoms with Gasteiger partial charge in [0, 0.05) is 0 Å². The van der Waals surface area contributed by atoms with Crippen LogP contribution in [0.15, 0.2) is 0 Å². The molecule has 0 rings (SSSR count). The van der Waals surface area contributed by atoms with Gasteiger partial charge in [-0.15, -0.1) is 0 Å². The van der Waals surface area contributed by atoms with Crippen molar-refractivity contribution in [1.82, 2.24) is 0 Å². The van der Waals surface area contributed by atoms with E-state index in [4.69, 9.17) is 63.8 Å². The fourth-order valence-electron chi connectivity index (χ4n) is 0.707. The van der Waals surface area contributed by atoms with Gasteiger partial charge in [-0.2, -0.15) is 0 Å². The summed E-state index contributed by atoms with van der Waals surface area (Å²) in [5.74, 6) is -7.35. The van der Waals surface area contributed by atoms with Crippen molar-refractivity contribution in [3.63, 3.8) is 0 Å². The Hall–Kier alpha value is -2.16. The van der Waals surface area contributed by atoms with Crippen molar-refractivity contribution in [2.75, 3.05) is 13.2 Å². The zero-order chi connectivity index (χ0) is 26.6. The fourth-order valence-corrected chi connectivity index (χ4v) is 0.707. The van der Waals surface area contributed by atoms with E-state index in [9.17, 15) is 28.8 Å². The molecule has 0 saturated carbocycles. The molecule has 0 aliphatic rings. The van der Waals surface area contributed by atoms with Crippen LogP contribution >= 0.6 is 0 Å². The van der Waals surface area contributed by atoms with Crippen molar-refractivity contribution in [3.8, 4) is 0 Å². The molecule has 18 nitrogen and oxygen atoms in total. The van der Waals surface area contributed by atoms with E-state index in [0.29, 0.717) is 0 Å². The van der Waals surface area contributed by atoms with Crippen LogP contribution in [0.5, 0.6) is 0 Å². The minimum Gasteiger partial charge on any atom is -0.481 e. The molecule has 33 heavy (non-hydrogen) atoms. The second-order valence-corrected chi connectivity index (χ2v) is 5.34. The van der Waals surface area contributed by atoms with E-state index in [0.717, 1.165) is 0 Å². The number of rotatable bonds is 10. The van der Waals surface area contributed by atoms with E-state index >= 15 is 0 Å². The number of hydrogen-bond acceptors (Lipinski definition) is 12. The van der Waals surface area contributed by atoms with Crippen molar-refractivity contribution in [2.45, 2.75) is 37.0 Å². The standard InChI is InChI=1S/2C4H7NO4.2C3H7NO3.Ca/c2*5-2(4(8)9)1-3(6)7;2*4-2(1-5)3(6)7;/h2*2H,1,5H2,(H,6,7)(H,8,9);2*2,5H,1,4H2,(H,6,7);/q;;;;+2/t4*2-;/m0000./s1. The van der Waals surface area contributed by atoms with Gasteiger partial charge >= 0.3 is 73.6 Å². The van der Waals surface area contributed by atoms with Crippen LogP contribution in [0.25, 0.3) is 0 Å². The van der Waals surface area contributed by atoms with Crippen LogP contribution in [0.3, 0.4) is 0 Å². The molecule has 0 bridgehead atoms. The molecule has 0 unspecified atom stereocenters. The average Bonchev–Trinajstić information content (AvgIpc) is 2.66. The predicted octanol–water partition coefficient (Wildman–Crippen LogP) is -5.85. The van der Waals surface area contributed by atoms with Crippen molar-refractivity contribution in [3.05, 3.63) is 0 Å². The number of aliphatic hydroxyl groups excluding tert-OH is 2. The summed E-state index contributed by atoms with van der Waals surface area (Å²) in [6, 6.07) is -4.83. The number of nitrogens with two attached hydrogens (primary N) is 4. The van der Waals surface area contributed by atoms with Crippen LogP contribution < -0.4 is 22.9 Å². The van der Waals surface area contributed by atoms with Gasteiger partial charge in [0.15, 0.2) is 0 Å². The molecule has 0 heterocycles. The molecule has 0 spiro atoms. The molecule has 0 aromatic carbocycles. The smallest absolute Gasteiger partial charge is 0.481 e. The summed E-state index contributed by atoms with van der Waals surface area (Å²) in [6.07, 6.45) is -1.06. The van der Waals surface area contributed by atoms with Crippen LogP contribution in [0.2, 0.25) is 0 Å². The third-order valence-corrected chi connectivity index (χ3v) is 2.45. The maximum atomic E-state index is 9.85. The van der Waals surface area contributed by atoms with E-state index < -0.39 is 86.0 Å². The second-order valence-electron chi connectivity index (χ2n) is 5.34. The SMILES string of the molecule is N[C@@H](CC(=O)O)C(=O)O.N[C@@H](CC(=O)O)C(=O)O.N[C@@H](CO)C(=O)O.N[C@@H](CO)C(=O)O.[Ca+2]. The summed E-state index contributed by atoms with van der Waals surface area (Å²) < 4.78 is 0. The summed E-state index contributed by atoms with van der Waals surface area (Å²) in [6.45, 7) is -1.01. The normalized spacial score (nSPS) is 12.5. The molecule has 0 fully saturated rings. The molecule has 0 saturated heterocycles. The molecule has 0 amide bonds. The quantitative estimate of drug-likeness (QED) is 0.120. The number of carboxylic acid groups (broad SMARTS) is 6. The molecule has 0 aromatic rings. The number of aliphatic carboxylic acids is 6.